The number of benzene rings is 2. The molecule has 8 nitrogen and oxygen atoms in total. The summed E-state index contributed by atoms with van der Waals surface area (Å²) in [6, 6.07) is 13.4. The maximum Gasteiger partial charge on any atom is 0.223 e. The molecule has 206 valence electrons. The molecule has 1 N–H and O–H groups in total. The summed E-state index contributed by atoms with van der Waals surface area (Å²) in [6.45, 7) is 4.52. The first-order valence-corrected chi connectivity index (χ1v) is 13.5. The third-order valence-corrected chi connectivity index (χ3v) is 7.64. The van der Waals surface area contributed by atoms with Crippen molar-refractivity contribution >= 4 is 45.8 Å². The molecule has 4 aromatic rings. The number of rotatable bonds is 10. The molecule has 2 aromatic carbocycles. The number of anilines is 1. The highest BCUT2D eigenvalue weighted by Crippen LogP contribution is 2.46. The molecule has 40 heavy (non-hydrogen) atoms. The molecule has 1 aliphatic heterocycles. The van der Waals surface area contributed by atoms with Crippen molar-refractivity contribution in [3.63, 3.8) is 0 Å². The molecular weight excluding hydrogens is 551 g/mol. The maximum absolute atomic E-state index is 12.0. The highest BCUT2D eigenvalue weighted by molar-refractivity contribution is 6.41. The summed E-state index contributed by atoms with van der Waals surface area (Å²) in [7, 11) is 3.06. The Kier molecular flexibility index (Phi) is 8.49. The Morgan fingerprint density at radius 2 is 1.82 bits per heavy atom. The molecule has 1 aliphatic rings. The number of allylic oxidation sites excluding steroid dienone is 1. The van der Waals surface area contributed by atoms with Gasteiger partial charge in [0.2, 0.25) is 5.95 Å². The number of nitrogens with one attached hydrogen (secondary N) is 1. The van der Waals surface area contributed by atoms with Gasteiger partial charge in [-0.2, -0.15) is 0 Å². The highest BCUT2D eigenvalue weighted by atomic mass is 35.5. The highest BCUT2D eigenvalue weighted by Gasteiger charge is 2.30. The van der Waals surface area contributed by atoms with Gasteiger partial charge in [-0.3, -0.25) is 9.78 Å². The second kappa shape index (κ2) is 12.2. The van der Waals surface area contributed by atoms with Gasteiger partial charge in [0, 0.05) is 42.0 Å². The molecule has 5 rings (SSSR count). The summed E-state index contributed by atoms with van der Waals surface area (Å²) in [5.74, 6) is 1.26. The number of fused-ring (bicyclic) bond motifs is 1. The van der Waals surface area contributed by atoms with E-state index in [0.717, 1.165) is 16.6 Å². The largest absolute Gasteiger partial charge is 0.495 e. The molecule has 1 fully saturated rings. The van der Waals surface area contributed by atoms with Crippen LogP contribution in [0.1, 0.15) is 17.7 Å². The van der Waals surface area contributed by atoms with Gasteiger partial charge in [0.15, 0.2) is 5.78 Å². The Morgan fingerprint density at radius 3 is 2.50 bits per heavy atom. The normalized spacial score (nSPS) is 16.6. The summed E-state index contributed by atoms with van der Waals surface area (Å²) in [4.78, 5) is 26.4. The van der Waals surface area contributed by atoms with Crippen molar-refractivity contribution in [2.45, 2.75) is 18.9 Å². The fourth-order valence-electron chi connectivity index (χ4n) is 4.79. The molecule has 0 radical (unpaired) electrons. The van der Waals surface area contributed by atoms with Crippen molar-refractivity contribution in [2.75, 3.05) is 32.8 Å². The predicted octanol–water partition coefficient (Wildman–Crippen LogP) is 6.18. The van der Waals surface area contributed by atoms with Crippen LogP contribution in [0.15, 0.2) is 61.3 Å². The van der Waals surface area contributed by atoms with Crippen molar-refractivity contribution in [2.24, 2.45) is 5.92 Å². The van der Waals surface area contributed by atoms with Crippen LogP contribution in [-0.4, -0.2) is 54.2 Å². The van der Waals surface area contributed by atoms with Gasteiger partial charge in [0.05, 0.1) is 60.4 Å². The SMILES string of the molecule is C=CC(=O)C[C@H]1COC[C@H]1Nc1ncc2cc(-c3c(Cl)c(OC)cc(OC)c3Cl)nc(Cc3ccccc3)c2n1. The number of ether oxygens (including phenoxy) is 3. The summed E-state index contributed by atoms with van der Waals surface area (Å²) < 4.78 is 16.6. The lowest BCUT2D eigenvalue weighted by atomic mass is 9.97. The molecule has 2 atom stereocenters. The van der Waals surface area contributed by atoms with Crippen molar-refractivity contribution in [3.8, 4) is 22.8 Å². The van der Waals surface area contributed by atoms with Crippen LogP contribution < -0.4 is 14.8 Å². The molecule has 3 heterocycles. The summed E-state index contributed by atoms with van der Waals surface area (Å²) in [5, 5.41) is 4.77. The van der Waals surface area contributed by atoms with E-state index >= 15 is 0 Å². The van der Waals surface area contributed by atoms with E-state index in [0.29, 0.717) is 70.3 Å². The quantitative estimate of drug-likeness (QED) is 0.223. The van der Waals surface area contributed by atoms with Crippen LogP contribution in [-0.2, 0) is 16.0 Å². The van der Waals surface area contributed by atoms with Crippen LogP contribution in [0.5, 0.6) is 11.5 Å². The van der Waals surface area contributed by atoms with Crippen LogP contribution in [0, 0.1) is 5.92 Å². The van der Waals surface area contributed by atoms with E-state index in [9.17, 15) is 4.79 Å². The van der Waals surface area contributed by atoms with Gasteiger partial charge in [-0.05, 0) is 17.7 Å². The maximum atomic E-state index is 12.0. The number of nitrogens with zero attached hydrogens (tertiary/aromatic N) is 3. The fraction of sp³-hybridized carbons (Fsp3) is 0.267. The number of methoxy groups -OCH3 is 2. The zero-order chi connectivity index (χ0) is 28.2. The van der Waals surface area contributed by atoms with Gasteiger partial charge in [-0.15, -0.1) is 0 Å². The lowest BCUT2D eigenvalue weighted by Crippen LogP contribution is -2.30. The minimum atomic E-state index is -0.104. The van der Waals surface area contributed by atoms with E-state index in [1.165, 1.54) is 20.3 Å². The lowest BCUT2D eigenvalue weighted by molar-refractivity contribution is -0.115. The number of halogens is 2. The van der Waals surface area contributed by atoms with Crippen LogP contribution in [0.4, 0.5) is 5.95 Å². The summed E-state index contributed by atoms with van der Waals surface area (Å²) >= 11 is 13.5. The standard InChI is InChI=1S/C30H28Cl2N4O4/c1-4-20(37)11-19-15-40-16-23(19)35-30-33-14-18-12-21(26-27(31)24(38-2)13-25(39-3)28(26)32)34-22(29(18)36-30)10-17-8-6-5-7-9-17/h4-9,12-14,19,23H,1,10-11,15-16H2,2-3H3,(H,33,35,36)/t19-,23+/m0/s1. The fourth-order valence-corrected chi connectivity index (χ4v) is 5.49. The predicted molar refractivity (Wildman–Crippen MR) is 157 cm³/mol. The van der Waals surface area contributed by atoms with Gasteiger partial charge >= 0.3 is 0 Å². The van der Waals surface area contributed by atoms with Crippen LogP contribution in [0.2, 0.25) is 10.0 Å². The van der Waals surface area contributed by atoms with Crippen molar-refractivity contribution in [3.05, 3.63) is 82.6 Å². The third-order valence-electron chi connectivity index (χ3n) is 6.89. The Hall–Kier alpha value is -3.72. The Balaban J connectivity index is 1.60. The van der Waals surface area contributed by atoms with E-state index in [4.69, 9.17) is 47.4 Å². The second-order valence-electron chi connectivity index (χ2n) is 9.45. The van der Waals surface area contributed by atoms with Gasteiger partial charge in [-0.25, -0.2) is 9.97 Å². The molecule has 0 bridgehead atoms. The first kappa shape index (κ1) is 27.8. The van der Waals surface area contributed by atoms with Crippen molar-refractivity contribution in [1.29, 1.82) is 0 Å². The van der Waals surface area contributed by atoms with Crippen molar-refractivity contribution in [1.82, 2.24) is 15.0 Å². The van der Waals surface area contributed by atoms with Crippen LogP contribution >= 0.6 is 23.2 Å². The summed E-state index contributed by atoms with van der Waals surface area (Å²) in [5.41, 5.74) is 3.51. The van der Waals surface area contributed by atoms with E-state index in [-0.39, 0.29) is 17.7 Å². The third kappa shape index (κ3) is 5.75. The number of hydrogen-bond donors (Lipinski definition) is 1. The molecule has 0 amide bonds. The number of carbonyl (C=O) groups excluding carboxylic acids is 1. The Morgan fingerprint density at radius 1 is 1.10 bits per heavy atom. The molecule has 0 spiro atoms. The Bertz CT molecular complexity index is 1540. The van der Waals surface area contributed by atoms with E-state index in [1.54, 1.807) is 12.3 Å². The molecule has 1 saturated heterocycles. The minimum absolute atomic E-state index is 0.00131. The average Bonchev–Trinajstić information content (AvgIpc) is 3.40. The van der Waals surface area contributed by atoms with E-state index in [1.807, 2.05) is 36.4 Å². The van der Waals surface area contributed by atoms with E-state index < -0.39 is 0 Å². The molecule has 2 aromatic heterocycles. The zero-order valence-corrected chi connectivity index (χ0v) is 23.6. The topological polar surface area (TPSA) is 95.5 Å². The first-order chi connectivity index (χ1) is 19.4. The average molecular weight is 579 g/mol. The van der Waals surface area contributed by atoms with Gasteiger partial charge in [-0.1, -0.05) is 60.1 Å². The van der Waals surface area contributed by atoms with Crippen LogP contribution in [0.3, 0.4) is 0 Å². The number of carbonyl (C=O) groups is 1. The molecule has 0 saturated carbocycles. The number of ketones is 1. The van der Waals surface area contributed by atoms with Gasteiger partial charge in [0.25, 0.3) is 0 Å². The van der Waals surface area contributed by atoms with Crippen LogP contribution in [0.25, 0.3) is 22.2 Å². The summed E-state index contributed by atoms with van der Waals surface area (Å²) in [6.07, 6.45) is 3.95. The van der Waals surface area contributed by atoms with E-state index in [2.05, 4.69) is 16.9 Å². The zero-order valence-electron chi connectivity index (χ0n) is 22.1. The Labute approximate surface area is 242 Å². The lowest BCUT2D eigenvalue weighted by Gasteiger charge is -2.19. The molecular formula is C30H28Cl2N4O4. The van der Waals surface area contributed by atoms with Crippen molar-refractivity contribution < 1.29 is 19.0 Å². The number of hydrogen-bond acceptors (Lipinski definition) is 8. The smallest absolute Gasteiger partial charge is 0.223 e. The first-order valence-electron chi connectivity index (χ1n) is 12.7. The molecule has 0 unspecified atom stereocenters. The van der Waals surface area contributed by atoms with Gasteiger partial charge in [0.1, 0.15) is 11.5 Å². The number of aromatic nitrogens is 3. The monoisotopic (exact) mass is 578 g/mol. The minimum Gasteiger partial charge on any atom is -0.495 e. The molecule has 10 heteroatoms. The second-order valence-corrected chi connectivity index (χ2v) is 10.2. The number of pyridine rings is 1. The molecule has 0 aliphatic carbocycles. The van der Waals surface area contributed by atoms with Gasteiger partial charge < -0.3 is 19.5 Å².